The third kappa shape index (κ3) is 3.22. The summed E-state index contributed by atoms with van der Waals surface area (Å²) >= 11 is 5.93. The Balaban J connectivity index is 2.76. The lowest BCUT2D eigenvalue weighted by Gasteiger charge is -2.25. The second-order valence-corrected chi connectivity index (χ2v) is 5.22. The lowest BCUT2D eigenvalue weighted by molar-refractivity contribution is -0.119. The molecule has 0 fully saturated rings. The minimum Gasteiger partial charge on any atom is -0.323 e. The molecule has 3 N–H and O–H groups in total. The first kappa shape index (κ1) is 13.0. The summed E-state index contributed by atoms with van der Waals surface area (Å²) in [5.74, 6) is -0.222. The number of hydrogen-bond donors (Lipinski definition) is 2. The Labute approximate surface area is 101 Å². The minimum atomic E-state index is -0.566. The zero-order valence-electron chi connectivity index (χ0n) is 9.75. The van der Waals surface area contributed by atoms with Gasteiger partial charge in [-0.1, -0.05) is 44.5 Å². The van der Waals surface area contributed by atoms with Crippen molar-refractivity contribution < 1.29 is 4.79 Å². The molecule has 0 bridgehead atoms. The van der Waals surface area contributed by atoms with Crippen molar-refractivity contribution in [2.45, 2.75) is 26.8 Å². The van der Waals surface area contributed by atoms with Crippen LogP contribution in [0.25, 0.3) is 0 Å². The summed E-state index contributed by atoms with van der Waals surface area (Å²) in [6.07, 6.45) is 0. The van der Waals surface area contributed by atoms with Gasteiger partial charge in [0.15, 0.2) is 0 Å². The number of carbonyl (C=O) groups excluding carboxylic acids is 1. The number of hydrogen-bond acceptors (Lipinski definition) is 2. The van der Waals surface area contributed by atoms with Gasteiger partial charge in [-0.05, 0) is 17.5 Å². The van der Waals surface area contributed by atoms with Crippen molar-refractivity contribution in [3.8, 4) is 0 Å². The van der Waals surface area contributed by atoms with Crippen molar-refractivity contribution in [1.29, 1.82) is 0 Å². The lowest BCUT2D eigenvalue weighted by atomic mass is 9.87. The summed E-state index contributed by atoms with van der Waals surface area (Å²) in [4.78, 5) is 11.8. The smallest absolute Gasteiger partial charge is 0.241 e. The molecule has 88 valence electrons. The highest BCUT2D eigenvalue weighted by Gasteiger charge is 2.27. The van der Waals surface area contributed by atoms with Crippen LogP contribution in [0.2, 0.25) is 5.02 Å². The van der Waals surface area contributed by atoms with E-state index in [0.717, 1.165) is 0 Å². The van der Waals surface area contributed by atoms with Crippen LogP contribution in [0.4, 0.5) is 5.69 Å². The van der Waals surface area contributed by atoms with Crippen LogP contribution in [0.1, 0.15) is 20.8 Å². The van der Waals surface area contributed by atoms with E-state index in [1.807, 2.05) is 32.9 Å². The molecule has 0 saturated carbocycles. The van der Waals surface area contributed by atoms with Crippen molar-refractivity contribution in [3.63, 3.8) is 0 Å². The fourth-order valence-electron chi connectivity index (χ4n) is 1.17. The Kier molecular flexibility index (Phi) is 3.94. The van der Waals surface area contributed by atoms with Gasteiger partial charge in [-0.15, -0.1) is 0 Å². The van der Waals surface area contributed by atoms with Gasteiger partial charge in [0.2, 0.25) is 5.91 Å². The predicted octanol–water partition coefficient (Wildman–Crippen LogP) is 2.65. The van der Waals surface area contributed by atoms with Gasteiger partial charge >= 0.3 is 0 Å². The number of rotatable bonds is 2. The van der Waals surface area contributed by atoms with Gasteiger partial charge < -0.3 is 11.1 Å². The van der Waals surface area contributed by atoms with Crippen molar-refractivity contribution in [2.24, 2.45) is 11.1 Å². The molecule has 16 heavy (non-hydrogen) atoms. The molecule has 0 aliphatic heterocycles. The van der Waals surface area contributed by atoms with Crippen LogP contribution >= 0.6 is 11.6 Å². The largest absolute Gasteiger partial charge is 0.323 e. The quantitative estimate of drug-likeness (QED) is 0.835. The number of amides is 1. The molecule has 0 spiro atoms. The van der Waals surface area contributed by atoms with E-state index in [2.05, 4.69) is 5.32 Å². The standard InChI is InChI=1S/C12H17ClN2O/c1-12(2,3)10(14)11(16)15-9-7-5-4-6-8(9)13/h4-7,10H,14H2,1-3H3,(H,15,16)/t10-/m1/s1. The number of para-hydroxylation sites is 1. The summed E-state index contributed by atoms with van der Waals surface area (Å²) < 4.78 is 0. The van der Waals surface area contributed by atoms with Crippen LogP contribution in [-0.4, -0.2) is 11.9 Å². The first-order valence-corrected chi connectivity index (χ1v) is 5.51. The molecular formula is C12H17ClN2O. The normalized spacial score (nSPS) is 13.3. The molecule has 4 heteroatoms. The van der Waals surface area contributed by atoms with E-state index < -0.39 is 6.04 Å². The second kappa shape index (κ2) is 4.85. The van der Waals surface area contributed by atoms with Crippen molar-refractivity contribution in [2.75, 3.05) is 5.32 Å². The zero-order chi connectivity index (χ0) is 12.3. The average molecular weight is 241 g/mol. The molecule has 0 saturated heterocycles. The zero-order valence-corrected chi connectivity index (χ0v) is 10.5. The van der Waals surface area contributed by atoms with E-state index in [9.17, 15) is 4.79 Å². The molecule has 0 aromatic heterocycles. The SMILES string of the molecule is CC(C)(C)[C@H](N)C(=O)Nc1ccccc1Cl. The van der Waals surface area contributed by atoms with Crippen LogP contribution in [0.3, 0.4) is 0 Å². The van der Waals surface area contributed by atoms with Gasteiger partial charge in [-0.3, -0.25) is 4.79 Å². The van der Waals surface area contributed by atoms with E-state index in [4.69, 9.17) is 17.3 Å². The monoisotopic (exact) mass is 240 g/mol. The Morgan fingerprint density at radius 1 is 1.38 bits per heavy atom. The Morgan fingerprint density at radius 2 is 1.94 bits per heavy atom. The van der Waals surface area contributed by atoms with Crippen LogP contribution in [0.5, 0.6) is 0 Å². The molecule has 0 radical (unpaired) electrons. The topological polar surface area (TPSA) is 55.1 Å². The molecule has 1 aromatic rings. The maximum Gasteiger partial charge on any atom is 0.241 e. The molecular weight excluding hydrogens is 224 g/mol. The third-order valence-electron chi connectivity index (χ3n) is 2.35. The number of nitrogens with one attached hydrogen (secondary N) is 1. The number of halogens is 1. The van der Waals surface area contributed by atoms with Gasteiger partial charge in [0.25, 0.3) is 0 Å². The molecule has 0 aliphatic rings. The fraction of sp³-hybridized carbons (Fsp3) is 0.417. The van der Waals surface area contributed by atoms with Crippen LogP contribution in [-0.2, 0) is 4.79 Å². The van der Waals surface area contributed by atoms with E-state index >= 15 is 0 Å². The van der Waals surface area contributed by atoms with Gasteiger partial charge in [0, 0.05) is 0 Å². The molecule has 1 amide bonds. The summed E-state index contributed by atoms with van der Waals surface area (Å²) in [7, 11) is 0. The van der Waals surface area contributed by atoms with Gasteiger partial charge in [-0.2, -0.15) is 0 Å². The fourth-order valence-corrected chi connectivity index (χ4v) is 1.35. The number of benzene rings is 1. The predicted molar refractivity (Wildman–Crippen MR) is 67.5 cm³/mol. The summed E-state index contributed by atoms with van der Waals surface area (Å²) in [5.41, 5.74) is 6.16. The van der Waals surface area contributed by atoms with Gasteiger partial charge in [0.1, 0.15) is 0 Å². The lowest BCUT2D eigenvalue weighted by Crippen LogP contribution is -2.45. The maximum absolute atomic E-state index is 11.8. The average Bonchev–Trinajstić information content (AvgIpc) is 2.19. The Bertz CT molecular complexity index is 385. The summed E-state index contributed by atoms with van der Waals surface area (Å²) in [6.45, 7) is 5.76. The second-order valence-electron chi connectivity index (χ2n) is 4.81. The summed E-state index contributed by atoms with van der Waals surface area (Å²) in [5, 5.41) is 3.23. The molecule has 1 atom stereocenters. The van der Waals surface area contributed by atoms with Crippen LogP contribution in [0.15, 0.2) is 24.3 Å². The first-order chi connectivity index (χ1) is 7.32. The molecule has 3 nitrogen and oxygen atoms in total. The highest BCUT2D eigenvalue weighted by molar-refractivity contribution is 6.33. The van der Waals surface area contributed by atoms with Crippen LogP contribution < -0.4 is 11.1 Å². The van der Waals surface area contributed by atoms with E-state index in [1.54, 1.807) is 12.1 Å². The third-order valence-corrected chi connectivity index (χ3v) is 2.68. The molecule has 0 unspecified atom stereocenters. The number of anilines is 1. The molecule has 0 aliphatic carbocycles. The van der Waals surface area contributed by atoms with Gasteiger partial charge in [0.05, 0.1) is 16.8 Å². The summed E-state index contributed by atoms with van der Waals surface area (Å²) in [6, 6.07) is 6.52. The first-order valence-electron chi connectivity index (χ1n) is 5.13. The Hall–Kier alpha value is -1.06. The number of carbonyl (C=O) groups is 1. The molecule has 1 aromatic carbocycles. The molecule has 0 heterocycles. The van der Waals surface area contributed by atoms with Crippen molar-refractivity contribution >= 4 is 23.2 Å². The van der Waals surface area contributed by atoms with E-state index in [1.165, 1.54) is 0 Å². The van der Waals surface area contributed by atoms with E-state index in [-0.39, 0.29) is 11.3 Å². The van der Waals surface area contributed by atoms with Gasteiger partial charge in [-0.25, -0.2) is 0 Å². The highest BCUT2D eigenvalue weighted by Crippen LogP contribution is 2.23. The van der Waals surface area contributed by atoms with Crippen LogP contribution in [0, 0.1) is 5.41 Å². The minimum absolute atomic E-state index is 0.222. The molecule has 1 rings (SSSR count). The Morgan fingerprint density at radius 3 is 2.44 bits per heavy atom. The van der Waals surface area contributed by atoms with E-state index in [0.29, 0.717) is 10.7 Å². The van der Waals surface area contributed by atoms with Crippen molar-refractivity contribution in [1.82, 2.24) is 0 Å². The van der Waals surface area contributed by atoms with Crippen molar-refractivity contribution in [3.05, 3.63) is 29.3 Å². The highest BCUT2D eigenvalue weighted by atomic mass is 35.5. The maximum atomic E-state index is 11.8. The number of nitrogens with two attached hydrogens (primary N) is 1.